The van der Waals surface area contributed by atoms with E-state index in [0.717, 1.165) is 23.7 Å². The molecule has 0 unspecified atom stereocenters. The van der Waals surface area contributed by atoms with Crippen molar-refractivity contribution < 1.29 is 4.79 Å². The van der Waals surface area contributed by atoms with Crippen LogP contribution in [-0.4, -0.2) is 15.9 Å². The largest absolute Gasteiger partial charge is 0.295 e. The Bertz CT molecular complexity index is 522. The number of fused-ring (bicyclic) bond motifs is 3. The second kappa shape index (κ2) is 3.06. The zero-order valence-corrected chi connectivity index (χ0v) is 10.7. The number of hydrogen-bond acceptors (Lipinski definition) is 3. The average Bonchev–Trinajstić information content (AvgIpc) is 2.57. The second-order valence-electron chi connectivity index (χ2n) is 5.78. The van der Waals surface area contributed by atoms with Gasteiger partial charge in [0.15, 0.2) is 0 Å². The Morgan fingerprint density at radius 1 is 1.41 bits per heavy atom. The van der Waals surface area contributed by atoms with Crippen molar-refractivity contribution >= 4 is 11.9 Å². The first kappa shape index (κ1) is 10.7. The third-order valence-electron chi connectivity index (χ3n) is 4.28. The number of hydrogen-bond donors (Lipinski definition) is 1. The van der Waals surface area contributed by atoms with Crippen LogP contribution in [0.25, 0.3) is 0 Å². The zero-order chi connectivity index (χ0) is 12.4. The minimum absolute atomic E-state index is 0.118. The van der Waals surface area contributed by atoms with Gasteiger partial charge in [0.2, 0.25) is 11.9 Å². The van der Waals surface area contributed by atoms with Gasteiger partial charge in [0.05, 0.1) is 5.69 Å². The van der Waals surface area contributed by atoms with Crippen LogP contribution in [0.5, 0.6) is 0 Å². The summed E-state index contributed by atoms with van der Waals surface area (Å²) in [6.07, 6.45) is 1.03. The molecular formula is C13H17N3O. The van der Waals surface area contributed by atoms with Gasteiger partial charge in [-0.2, -0.15) is 0 Å². The Labute approximate surface area is 101 Å². The predicted molar refractivity (Wildman–Crippen MR) is 64.8 cm³/mol. The van der Waals surface area contributed by atoms with E-state index in [-0.39, 0.29) is 5.91 Å². The zero-order valence-electron chi connectivity index (χ0n) is 10.7. The molecule has 2 atom stereocenters. The molecule has 1 heterocycles. The van der Waals surface area contributed by atoms with E-state index >= 15 is 0 Å². The lowest BCUT2D eigenvalue weighted by Gasteiger charge is -2.13. The summed E-state index contributed by atoms with van der Waals surface area (Å²) in [5, 5.41) is 2.66. The molecule has 2 aliphatic carbocycles. The number of nitrogens with one attached hydrogen (secondary N) is 1. The first-order chi connectivity index (χ1) is 7.91. The van der Waals surface area contributed by atoms with Crippen LogP contribution in [0.4, 0.5) is 5.95 Å². The van der Waals surface area contributed by atoms with Crippen LogP contribution >= 0.6 is 0 Å². The van der Waals surface area contributed by atoms with Gasteiger partial charge in [0, 0.05) is 12.6 Å². The number of aromatic nitrogens is 2. The SMILES string of the molecule is CC(=O)Nc1nc(C)c2c(n1)C[C@@H]1[C@@H]2C1(C)C. The summed E-state index contributed by atoms with van der Waals surface area (Å²) in [6, 6.07) is 0. The maximum atomic E-state index is 11.0. The Hall–Kier alpha value is -1.45. The molecule has 1 saturated carbocycles. The molecule has 0 radical (unpaired) electrons. The standard InChI is InChI=1S/C13H17N3O/c1-6-10-9(5-8-11(10)13(8,3)4)16-12(14-6)15-7(2)17/h8,11H,5H2,1-4H3,(H,14,15,16,17)/t8-,11+/m1/s1. The number of carbonyl (C=O) groups excluding carboxylic acids is 1. The van der Waals surface area contributed by atoms with Crippen LogP contribution in [0, 0.1) is 18.3 Å². The lowest BCUT2D eigenvalue weighted by molar-refractivity contribution is -0.114. The fourth-order valence-electron chi connectivity index (χ4n) is 3.32. The number of rotatable bonds is 1. The number of carbonyl (C=O) groups is 1. The van der Waals surface area contributed by atoms with Gasteiger partial charge < -0.3 is 0 Å². The van der Waals surface area contributed by atoms with E-state index in [2.05, 4.69) is 29.1 Å². The van der Waals surface area contributed by atoms with Crippen LogP contribution in [0.15, 0.2) is 0 Å². The summed E-state index contributed by atoms with van der Waals surface area (Å²) in [5.74, 6) is 1.68. The van der Waals surface area contributed by atoms with E-state index in [4.69, 9.17) is 0 Å². The number of anilines is 1. The molecule has 2 aliphatic rings. The van der Waals surface area contributed by atoms with Crippen molar-refractivity contribution in [2.75, 3.05) is 5.32 Å². The van der Waals surface area contributed by atoms with Gasteiger partial charge in [-0.05, 0) is 36.2 Å². The summed E-state index contributed by atoms with van der Waals surface area (Å²) in [7, 11) is 0. The highest BCUT2D eigenvalue weighted by atomic mass is 16.1. The maximum Gasteiger partial charge on any atom is 0.229 e. The molecule has 0 aromatic carbocycles. The molecule has 1 aromatic heterocycles. The predicted octanol–water partition coefficient (Wildman–Crippen LogP) is 2.04. The summed E-state index contributed by atoms with van der Waals surface area (Å²) >= 11 is 0. The number of aryl methyl sites for hydroxylation is 1. The van der Waals surface area contributed by atoms with Gasteiger partial charge >= 0.3 is 0 Å². The van der Waals surface area contributed by atoms with Crippen molar-refractivity contribution in [1.82, 2.24) is 9.97 Å². The maximum absolute atomic E-state index is 11.0. The van der Waals surface area contributed by atoms with Crippen LogP contribution in [0.2, 0.25) is 0 Å². The number of nitrogens with zero attached hydrogens (tertiary/aromatic N) is 2. The van der Waals surface area contributed by atoms with Crippen LogP contribution in [-0.2, 0) is 11.2 Å². The highest BCUT2D eigenvalue weighted by molar-refractivity contribution is 5.86. The van der Waals surface area contributed by atoms with Crippen molar-refractivity contribution in [3.8, 4) is 0 Å². The second-order valence-corrected chi connectivity index (χ2v) is 5.78. The van der Waals surface area contributed by atoms with E-state index in [1.807, 2.05) is 6.92 Å². The fourth-order valence-corrected chi connectivity index (χ4v) is 3.32. The fraction of sp³-hybridized carbons (Fsp3) is 0.615. The molecule has 0 saturated heterocycles. The van der Waals surface area contributed by atoms with E-state index in [1.54, 1.807) is 0 Å². The summed E-state index contributed by atoms with van der Waals surface area (Å²) in [4.78, 5) is 19.9. The van der Waals surface area contributed by atoms with Gasteiger partial charge in [-0.1, -0.05) is 13.8 Å². The summed E-state index contributed by atoms with van der Waals surface area (Å²) < 4.78 is 0. The van der Waals surface area contributed by atoms with E-state index in [9.17, 15) is 4.79 Å². The first-order valence-electron chi connectivity index (χ1n) is 6.06. The molecule has 17 heavy (non-hydrogen) atoms. The molecule has 0 aliphatic heterocycles. The van der Waals surface area contributed by atoms with Gasteiger partial charge in [-0.25, -0.2) is 9.97 Å². The molecule has 4 heteroatoms. The molecule has 3 rings (SSSR count). The van der Waals surface area contributed by atoms with Gasteiger partial charge in [-0.3, -0.25) is 10.1 Å². The first-order valence-corrected chi connectivity index (χ1v) is 6.06. The Morgan fingerprint density at radius 3 is 2.76 bits per heavy atom. The third-order valence-corrected chi connectivity index (χ3v) is 4.28. The average molecular weight is 231 g/mol. The van der Waals surface area contributed by atoms with Crippen LogP contribution < -0.4 is 5.32 Å². The minimum Gasteiger partial charge on any atom is -0.295 e. The van der Waals surface area contributed by atoms with E-state index in [1.165, 1.54) is 12.5 Å². The smallest absolute Gasteiger partial charge is 0.229 e. The molecular weight excluding hydrogens is 214 g/mol. The highest BCUT2D eigenvalue weighted by Gasteiger charge is 2.63. The van der Waals surface area contributed by atoms with Gasteiger partial charge in [-0.15, -0.1) is 0 Å². The Balaban J connectivity index is 2.00. The lowest BCUT2D eigenvalue weighted by Crippen LogP contribution is -2.13. The highest BCUT2D eigenvalue weighted by Crippen LogP contribution is 2.70. The van der Waals surface area contributed by atoms with E-state index < -0.39 is 0 Å². The number of amides is 1. The van der Waals surface area contributed by atoms with Gasteiger partial charge in [0.1, 0.15) is 0 Å². The molecule has 1 fully saturated rings. The molecule has 0 spiro atoms. The molecule has 1 aromatic rings. The van der Waals surface area contributed by atoms with Crippen molar-refractivity contribution in [2.45, 2.75) is 40.0 Å². The molecule has 1 N–H and O–H groups in total. The van der Waals surface area contributed by atoms with E-state index in [0.29, 0.717) is 17.3 Å². The molecule has 4 nitrogen and oxygen atoms in total. The van der Waals surface area contributed by atoms with Crippen LogP contribution in [0.3, 0.4) is 0 Å². The summed E-state index contributed by atoms with van der Waals surface area (Å²) in [5.41, 5.74) is 3.90. The molecule has 1 amide bonds. The van der Waals surface area contributed by atoms with Crippen molar-refractivity contribution in [2.24, 2.45) is 11.3 Å². The van der Waals surface area contributed by atoms with Crippen LogP contribution in [0.1, 0.15) is 43.6 Å². The molecule has 90 valence electrons. The van der Waals surface area contributed by atoms with Crippen molar-refractivity contribution in [1.29, 1.82) is 0 Å². The summed E-state index contributed by atoms with van der Waals surface area (Å²) in [6.45, 7) is 8.12. The topological polar surface area (TPSA) is 54.9 Å². The molecule has 0 bridgehead atoms. The quantitative estimate of drug-likeness (QED) is 0.804. The van der Waals surface area contributed by atoms with Crippen molar-refractivity contribution in [3.05, 3.63) is 17.0 Å². The third kappa shape index (κ3) is 1.39. The lowest BCUT2D eigenvalue weighted by atomic mass is 9.97. The van der Waals surface area contributed by atoms with Gasteiger partial charge in [0.25, 0.3) is 0 Å². The Kier molecular flexibility index (Phi) is 1.92. The minimum atomic E-state index is -0.118. The normalized spacial score (nSPS) is 27.3. The Morgan fingerprint density at radius 2 is 2.12 bits per heavy atom. The van der Waals surface area contributed by atoms with Crippen molar-refractivity contribution in [3.63, 3.8) is 0 Å². The monoisotopic (exact) mass is 231 g/mol.